The number of nitrogens with zero attached hydrogens (tertiary/aromatic N) is 2. The molecule has 27 heavy (non-hydrogen) atoms. The third kappa shape index (κ3) is 4.02. The van der Waals surface area contributed by atoms with Crippen molar-refractivity contribution in [1.29, 1.82) is 0 Å². The van der Waals surface area contributed by atoms with E-state index in [2.05, 4.69) is 5.32 Å². The molecule has 9 heteroatoms. The number of non-ortho nitro benzene ring substituents is 1. The van der Waals surface area contributed by atoms with Crippen LogP contribution < -0.4 is 11.1 Å². The van der Waals surface area contributed by atoms with Crippen LogP contribution in [-0.4, -0.2) is 15.4 Å². The Balaban J connectivity index is 1.65. The molecule has 140 valence electrons. The molecule has 0 saturated carbocycles. The molecule has 0 aliphatic heterocycles. The highest BCUT2D eigenvalue weighted by molar-refractivity contribution is 5.90. The number of hydrogen-bond acceptors (Lipinski definition) is 5. The quantitative estimate of drug-likeness (QED) is 0.526. The van der Waals surface area contributed by atoms with Crippen molar-refractivity contribution in [3.05, 3.63) is 68.4 Å². The fraction of sp³-hybridized carbons (Fsp3) is 0.222. The first kappa shape index (κ1) is 18.3. The maximum Gasteiger partial charge on any atom is 0.419 e. The largest absolute Gasteiger partial charge is 0.419 e. The first-order valence-corrected chi connectivity index (χ1v) is 8.19. The highest BCUT2D eigenvalue weighted by Gasteiger charge is 2.14. The van der Waals surface area contributed by atoms with Crippen LogP contribution in [0.3, 0.4) is 0 Å². The Labute approximate surface area is 152 Å². The summed E-state index contributed by atoms with van der Waals surface area (Å²) in [6.07, 6.45) is 0.379. The number of aryl methyl sites for hydroxylation is 2. The van der Waals surface area contributed by atoms with Crippen molar-refractivity contribution in [3.8, 4) is 0 Å². The number of oxazole rings is 1. The summed E-state index contributed by atoms with van der Waals surface area (Å²) in [5, 5.41) is 13.3. The van der Waals surface area contributed by atoms with Crippen LogP contribution >= 0.6 is 0 Å². The van der Waals surface area contributed by atoms with Crippen LogP contribution in [0.1, 0.15) is 18.4 Å². The van der Waals surface area contributed by atoms with E-state index in [4.69, 9.17) is 4.42 Å². The number of amides is 1. The molecule has 0 atom stereocenters. The fourth-order valence-electron chi connectivity index (χ4n) is 2.71. The Morgan fingerprint density at radius 3 is 2.78 bits per heavy atom. The van der Waals surface area contributed by atoms with E-state index in [0.29, 0.717) is 11.9 Å². The average Bonchev–Trinajstić information content (AvgIpc) is 2.92. The number of aromatic nitrogens is 1. The number of fused-ring (bicyclic) bond motifs is 1. The summed E-state index contributed by atoms with van der Waals surface area (Å²) >= 11 is 0. The number of benzene rings is 2. The standard InChI is InChI=1S/C18H16FN3O5/c1-11-4-6-14(13(19)9-11)20-17(23)3-2-8-21-15-7-5-12(22(25)26)10-16(15)27-18(21)24/h4-7,9-10H,2-3,8H2,1H3,(H,20,23). The van der Waals surface area contributed by atoms with Crippen molar-refractivity contribution < 1.29 is 18.5 Å². The molecule has 1 heterocycles. The molecule has 3 rings (SSSR count). The number of nitro groups is 1. The maximum atomic E-state index is 13.8. The molecule has 1 amide bonds. The molecule has 0 saturated heterocycles. The van der Waals surface area contributed by atoms with Gasteiger partial charge in [0.2, 0.25) is 5.91 Å². The van der Waals surface area contributed by atoms with Gasteiger partial charge in [0.1, 0.15) is 5.82 Å². The minimum Gasteiger partial charge on any atom is -0.407 e. The van der Waals surface area contributed by atoms with E-state index >= 15 is 0 Å². The molecular formula is C18H16FN3O5. The summed E-state index contributed by atoms with van der Waals surface area (Å²) in [6.45, 7) is 1.93. The summed E-state index contributed by atoms with van der Waals surface area (Å²) in [5.74, 6) is -1.55. The molecule has 0 aliphatic carbocycles. The topological polar surface area (TPSA) is 107 Å². The van der Waals surface area contributed by atoms with Crippen LogP contribution in [0.25, 0.3) is 11.1 Å². The average molecular weight is 373 g/mol. The zero-order valence-electron chi connectivity index (χ0n) is 14.4. The minimum absolute atomic E-state index is 0.0689. The predicted octanol–water partition coefficient (Wildman–Crippen LogP) is 3.37. The van der Waals surface area contributed by atoms with E-state index in [-0.39, 0.29) is 35.8 Å². The number of hydrogen-bond donors (Lipinski definition) is 1. The second-order valence-corrected chi connectivity index (χ2v) is 6.06. The molecule has 0 aliphatic rings. The maximum absolute atomic E-state index is 13.8. The van der Waals surface area contributed by atoms with Crippen LogP contribution in [0, 0.1) is 22.9 Å². The third-order valence-electron chi connectivity index (χ3n) is 4.05. The molecule has 0 radical (unpaired) electrons. The number of anilines is 1. The van der Waals surface area contributed by atoms with Gasteiger partial charge >= 0.3 is 5.76 Å². The van der Waals surface area contributed by atoms with Gasteiger partial charge in [0.15, 0.2) is 5.58 Å². The van der Waals surface area contributed by atoms with E-state index < -0.39 is 16.5 Å². The normalized spacial score (nSPS) is 10.9. The van der Waals surface area contributed by atoms with Gasteiger partial charge in [-0.05, 0) is 37.1 Å². The first-order valence-electron chi connectivity index (χ1n) is 8.19. The number of nitrogens with one attached hydrogen (secondary N) is 1. The lowest BCUT2D eigenvalue weighted by atomic mass is 10.2. The summed E-state index contributed by atoms with van der Waals surface area (Å²) in [6, 6.07) is 8.39. The Kier molecular flexibility index (Phi) is 5.02. The zero-order chi connectivity index (χ0) is 19.6. The van der Waals surface area contributed by atoms with E-state index in [1.54, 1.807) is 13.0 Å². The van der Waals surface area contributed by atoms with Crippen LogP contribution in [0.15, 0.2) is 45.6 Å². The second-order valence-electron chi connectivity index (χ2n) is 6.06. The Morgan fingerprint density at radius 1 is 1.30 bits per heavy atom. The van der Waals surface area contributed by atoms with Gasteiger partial charge in [-0.15, -0.1) is 0 Å². The van der Waals surface area contributed by atoms with Crippen molar-refractivity contribution in [3.63, 3.8) is 0 Å². The van der Waals surface area contributed by atoms with E-state index in [1.165, 1.54) is 34.9 Å². The van der Waals surface area contributed by atoms with Crippen molar-refractivity contribution >= 4 is 28.4 Å². The fourth-order valence-corrected chi connectivity index (χ4v) is 2.71. The van der Waals surface area contributed by atoms with Gasteiger partial charge in [-0.2, -0.15) is 0 Å². The minimum atomic E-state index is -0.657. The lowest BCUT2D eigenvalue weighted by molar-refractivity contribution is -0.384. The lowest BCUT2D eigenvalue weighted by Gasteiger charge is -2.07. The lowest BCUT2D eigenvalue weighted by Crippen LogP contribution is -2.17. The van der Waals surface area contributed by atoms with Gasteiger partial charge in [0, 0.05) is 19.0 Å². The smallest absolute Gasteiger partial charge is 0.407 e. The highest BCUT2D eigenvalue weighted by atomic mass is 19.1. The van der Waals surface area contributed by atoms with Crippen molar-refractivity contribution in [2.75, 3.05) is 5.32 Å². The number of nitro benzene ring substituents is 1. The van der Waals surface area contributed by atoms with Crippen molar-refractivity contribution in [2.24, 2.45) is 0 Å². The van der Waals surface area contributed by atoms with E-state index in [0.717, 1.165) is 5.56 Å². The third-order valence-corrected chi connectivity index (χ3v) is 4.05. The molecule has 0 spiro atoms. The monoisotopic (exact) mass is 373 g/mol. The SMILES string of the molecule is Cc1ccc(NC(=O)CCCn2c(=O)oc3cc([N+](=O)[O-])ccc32)c(F)c1. The number of carbonyl (C=O) groups excluding carboxylic acids is 1. The number of halogens is 1. The molecule has 0 bridgehead atoms. The van der Waals surface area contributed by atoms with Crippen LogP contribution in [-0.2, 0) is 11.3 Å². The van der Waals surface area contributed by atoms with Crippen LogP contribution in [0.5, 0.6) is 0 Å². The molecule has 1 N–H and O–H groups in total. The van der Waals surface area contributed by atoms with Crippen LogP contribution in [0.4, 0.5) is 15.8 Å². The summed E-state index contributed by atoms with van der Waals surface area (Å²) < 4.78 is 20.1. The molecule has 0 fully saturated rings. The number of carbonyl (C=O) groups is 1. The van der Waals surface area contributed by atoms with E-state index in [1.807, 2.05) is 0 Å². The Hall–Kier alpha value is -3.49. The van der Waals surface area contributed by atoms with Crippen molar-refractivity contribution in [1.82, 2.24) is 4.57 Å². The first-order chi connectivity index (χ1) is 12.8. The molecule has 0 unspecified atom stereocenters. The molecule has 1 aromatic heterocycles. The molecule has 3 aromatic rings. The summed E-state index contributed by atoms with van der Waals surface area (Å²) in [7, 11) is 0. The Bertz CT molecular complexity index is 1090. The number of rotatable bonds is 6. The second kappa shape index (κ2) is 7.40. The van der Waals surface area contributed by atoms with Gasteiger partial charge < -0.3 is 9.73 Å². The van der Waals surface area contributed by atoms with Gasteiger partial charge in [-0.1, -0.05) is 6.07 Å². The molecule has 2 aromatic carbocycles. The molecular weight excluding hydrogens is 357 g/mol. The predicted molar refractivity (Wildman–Crippen MR) is 96.1 cm³/mol. The van der Waals surface area contributed by atoms with Gasteiger partial charge in [0.25, 0.3) is 5.69 Å². The molecule has 8 nitrogen and oxygen atoms in total. The highest BCUT2D eigenvalue weighted by Crippen LogP contribution is 2.20. The van der Waals surface area contributed by atoms with Gasteiger partial charge in [-0.3, -0.25) is 19.5 Å². The summed E-state index contributed by atoms with van der Waals surface area (Å²) in [5.41, 5.74) is 1.19. The Morgan fingerprint density at radius 2 is 2.07 bits per heavy atom. The van der Waals surface area contributed by atoms with Gasteiger partial charge in [0.05, 0.1) is 22.2 Å². The van der Waals surface area contributed by atoms with Gasteiger partial charge in [-0.25, -0.2) is 9.18 Å². The van der Waals surface area contributed by atoms with Crippen molar-refractivity contribution in [2.45, 2.75) is 26.3 Å². The van der Waals surface area contributed by atoms with E-state index in [9.17, 15) is 24.1 Å². The van der Waals surface area contributed by atoms with Crippen LogP contribution in [0.2, 0.25) is 0 Å². The zero-order valence-corrected chi connectivity index (χ0v) is 14.4. The summed E-state index contributed by atoms with van der Waals surface area (Å²) in [4.78, 5) is 34.1.